The summed E-state index contributed by atoms with van der Waals surface area (Å²) in [5, 5.41) is 2.61. The molecule has 0 spiro atoms. The second-order valence-corrected chi connectivity index (χ2v) is 8.54. The molecule has 0 aliphatic heterocycles. The molecule has 0 bridgehead atoms. The number of sulfonamides is 1. The van der Waals surface area contributed by atoms with Crippen molar-refractivity contribution in [2.75, 3.05) is 26.1 Å². The lowest BCUT2D eigenvalue weighted by molar-refractivity contribution is -0.148. The summed E-state index contributed by atoms with van der Waals surface area (Å²) >= 11 is 0. The van der Waals surface area contributed by atoms with Gasteiger partial charge in [-0.2, -0.15) is 17.9 Å². The van der Waals surface area contributed by atoms with Gasteiger partial charge in [-0.25, -0.2) is 8.42 Å². The number of nitrogens with one attached hydrogen (secondary N) is 2. The summed E-state index contributed by atoms with van der Waals surface area (Å²) in [4.78, 5) is -0.149. The molecule has 0 saturated carbocycles. The third-order valence-corrected chi connectivity index (χ3v) is 6.25. The van der Waals surface area contributed by atoms with Crippen LogP contribution in [0.15, 0.2) is 35.2 Å². The van der Waals surface area contributed by atoms with Crippen molar-refractivity contribution in [1.82, 2.24) is 4.72 Å². The van der Waals surface area contributed by atoms with Gasteiger partial charge in [0.05, 0.1) is 24.8 Å². The number of methoxy groups -OCH3 is 2. The van der Waals surface area contributed by atoms with Gasteiger partial charge in [0.2, 0.25) is 10.0 Å². The molecule has 2 aromatic rings. The first-order chi connectivity index (χ1) is 13.9. The van der Waals surface area contributed by atoms with E-state index >= 15 is 0 Å². The maximum absolute atomic E-state index is 13.6. The predicted octanol–water partition coefficient (Wildman–Crippen LogP) is 3.95. The molecule has 6 nitrogen and oxygen atoms in total. The second-order valence-electron chi connectivity index (χ2n) is 6.89. The van der Waals surface area contributed by atoms with Crippen molar-refractivity contribution in [3.8, 4) is 11.5 Å². The molecule has 0 aliphatic carbocycles. The summed E-state index contributed by atoms with van der Waals surface area (Å²) in [5.74, 6) is 0.735. The maximum Gasteiger partial charge on any atom is 0.406 e. The quantitative estimate of drug-likeness (QED) is 0.642. The van der Waals surface area contributed by atoms with Crippen LogP contribution in [0.25, 0.3) is 0 Å². The van der Waals surface area contributed by atoms with Crippen LogP contribution in [0, 0.1) is 20.8 Å². The first-order valence-electron chi connectivity index (χ1n) is 9.02. The molecule has 0 heterocycles. The van der Waals surface area contributed by atoms with E-state index in [-0.39, 0.29) is 16.3 Å². The number of hydrogen-bond donors (Lipinski definition) is 2. The lowest BCUT2D eigenvalue weighted by atomic mass is 10.1. The Balaban J connectivity index is 2.30. The Bertz CT molecular complexity index is 985. The summed E-state index contributed by atoms with van der Waals surface area (Å²) in [6.07, 6.45) is -4.81. The zero-order valence-corrected chi connectivity index (χ0v) is 18.2. The van der Waals surface area contributed by atoms with E-state index in [9.17, 15) is 21.6 Å². The number of rotatable bonds is 8. The van der Waals surface area contributed by atoms with E-state index in [1.165, 1.54) is 26.4 Å². The molecule has 10 heteroatoms. The summed E-state index contributed by atoms with van der Waals surface area (Å²) in [6.45, 7) is 4.17. The number of ether oxygens (including phenoxy) is 2. The van der Waals surface area contributed by atoms with Crippen molar-refractivity contribution in [3.05, 3.63) is 47.0 Å². The molecule has 1 unspecified atom stereocenters. The highest BCUT2D eigenvalue weighted by molar-refractivity contribution is 7.89. The fourth-order valence-electron chi connectivity index (χ4n) is 3.22. The van der Waals surface area contributed by atoms with Crippen LogP contribution in [0.2, 0.25) is 0 Å². The molecule has 0 aromatic heterocycles. The van der Waals surface area contributed by atoms with Crippen molar-refractivity contribution in [1.29, 1.82) is 0 Å². The Morgan fingerprint density at radius 2 is 1.60 bits per heavy atom. The molecule has 2 N–H and O–H groups in total. The Hall–Kier alpha value is -2.46. The molecular formula is C20H25F3N2O4S. The maximum atomic E-state index is 13.6. The molecule has 30 heavy (non-hydrogen) atoms. The van der Waals surface area contributed by atoms with Crippen LogP contribution in [-0.4, -0.2) is 41.4 Å². The fraction of sp³-hybridized carbons (Fsp3) is 0.400. The van der Waals surface area contributed by atoms with Crippen LogP contribution in [0.4, 0.5) is 18.9 Å². The van der Waals surface area contributed by atoms with E-state index < -0.39 is 28.8 Å². The normalized spacial score (nSPS) is 13.1. The van der Waals surface area contributed by atoms with Gasteiger partial charge < -0.3 is 14.8 Å². The van der Waals surface area contributed by atoms with Gasteiger partial charge in [0.1, 0.15) is 17.5 Å². The molecule has 0 amide bonds. The van der Waals surface area contributed by atoms with Gasteiger partial charge in [0.15, 0.2) is 0 Å². The molecule has 2 aromatic carbocycles. The number of aryl methyl sites for hydroxylation is 3. The van der Waals surface area contributed by atoms with Gasteiger partial charge in [-0.1, -0.05) is 17.7 Å². The Labute approximate surface area is 174 Å². The number of alkyl halides is 3. The van der Waals surface area contributed by atoms with Crippen LogP contribution in [0.5, 0.6) is 11.5 Å². The SMILES string of the molecule is COc1ccc(NCC(NS(=O)(=O)c2c(C)cc(C)cc2C)C(F)(F)F)c(OC)c1. The topological polar surface area (TPSA) is 76.7 Å². The predicted molar refractivity (Wildman–Crippen MR) is 109 cm³/mol. The molecule has 0 saturated heterocycles. The number of benzene rings is 2. The van der Waals surface area contributed by atoms with E-state index in [1.807, 2.05) is 0 Å². The zero-order valence-electron chi connectivity index (χ0n) is 17.3. The average molecular weight is 446 g/mol. The molecule has 1 atom stereocenters. The molecule has 0 radical (unpaired) electrons. The van der Waals surface area contributed by atoms with Crippen LogP contribution in [0.1, 0.15) is 16.7 Å². The first-order valence-corrected chi connectivity index (χ1v) is 10.5. The number of anilines is 1. The summed E-state index contributed by atoms with van der Waals surface area (Å²) in [5.41, 5.74) is 1.86. The summed E-state index contributed by atoms with van der Waals surface area (Å²) in [7, 11) is -1.60. The highest BCUT2D eigenvalue weighted by Crippen LogP contribution is 2.30. The molecular weight excluding hydrogens is 421 g/mol. The minimum Gasteiger partial charge on any atom is -0.497 e. The fourth-order valence-corrected chi connectivity index (χ4v) is 4.89. The van der Waals surface area contributed by atoms with E-state index in [0.29, 0.717) is 16.9 Å². The van der Waals surface area contributed by atoms with Gasteiger partial charge in [0, 0.05) is 12.6 Å². The molecule has 0 aliphatic rings. The highest BCUT2D eigenvalue weighted by atomic mass is 32.2. The van der Waals surface area contributed by atoms with E-state index in [4.69, 9.17) is 9.47 Å². The summed E-state index contributed by atoms with van der Waals surface area (Å²) in [6, 6.07) is 5.43. The van der Waals surface area contributed by atoms with E-state index in [2.05, 4.69) is 5.32 Å². The van der Waals surface area contributed by atoms with E-state index in [0.717, 1.165) is 5.56 Å². The van der Waals surface area contributed by atoms with Crippen LogP contribution >= 0.6 is 0 Å². The summed E-state index contributed by atoms with van der Waals surface area (Å²) < 4.78 is 78.4. The Morgan fingerprint density at radius 3 is 2.10 bits per heavy atom. The molecule has 0 fully saturated rings. The monoisotopic (exact) mass is 446 g/mol. The Kier molecular flexibility index (Phi) is 7.25. The average Bonchev–Trinajstić information content (AvgIpc) is 2.62. The minimum absolute atomic E-state index is 0.149. The van der Waals surface area contributed by atoms with E-state index in [1.54, 1.807) is 43.7 Å². The van der Waals surface area contributed by atoms with Gasteiger partial charge in [-0.05, 0) is 44.0 Å². The lowest BCUT2D eigenvalue weighted by Crippen LogP contribution is -2.49. The first kappa shape index (κ1) is 23.8. The van der Waals surface area contributed by atoms with Gasteiger partial charge >= 0.3 is 6.18 Å². The largest absolute Gasteiger partial charge is 0.497 e. The third-order valence-electron chi connectivity index (χ3n) is 4.47. The van der Waals surface area contributed by atoms with Crippen molar-refractivity contribution >= 4 is 15.7 Å². The third kappa shape index (κ3) is 5.57. The van der Waals surface area contributed by atoms with Gasteiger partial charge in [0.25, 0.3) is 0 Å². The van der Waals surface area contributed by atoms with Crippen LogP contribution < -0.4 is 19.5 Å². The van der Waals surface area contributed by atoms with Crippen LogP contribution in [0.3, 0.4) is 0 Å². The minimum atomic E-state index is -4.81. The van der Waals surface area contributed by atoms with Crippen molar-refractivity contribution in [3.63, 3.8) is 0 Å². The number of hydrogen-bond acceptors (Lipinski definition) is 5. The van der Waals surface area contributed by atoms with Crippen molar-refractivity contribution < 1.29 is 31.1 Å². The highest BCUT2D eigenvalue weighted by Gasteiger charge is 2.42. The second kappa shape index (κ2) is 9.13. The Morgan fingerprint density at radius 1 is 1.00 bits per heavy atom. The molecule has 2 rings (SSSR count). The van der Waals surface area contributed by atoms with Gasteiger partial charge in [-0.3, -0.25) is 0 Å². The number of halogens is 3. The lowest BCUT2D eigenvalue weighted by Gasteiger charge is -2.24. The molecule has 166 valence electrons. The van der Waals surface area contributed by atoms with Crippen LogP contribution in [-0.2, 0) is 10.0 Å². The smallest absolute Gasteiger partial charge is 0.406 e. The standard InChI is InChI=1S/C20H25F3N2O4S/c1-12-8-13(2)19(14(3)9-12)30(26,27)25-18(20(21,22)23)11-24-16-7-6-15(28-4)10-17(16)29-5/h6-10,18,24-25H,11H2,1-5H3. The van der Waals surface area contributed by atoms with Gasteiger partial charge in [-0.15, -0.1) is 0 Å². The van der Waals surface area contributed by atoms with Crippen molar-refractivity contribution in [2.24, 2.45) is 0 Å². The zero-order chi connectivity index (χ0) is 22.7. The van der Waals surface area contributed by atoms with Crippen molar-refractivity contribution in [2.45, 2.75) is 37.9 Å².